The van der Waals surface area contributed by atoms with Crippen LogP contribution in [0.2, 0.25) is 0 Å². The Balaban J connectivity index is 2.13. The summed E-state index contributed by atoms with van der Waals surface area (Å²) < 4.78 is 0.814. The van der Waals surface area contributed by atoms with Gasteiger partial charge in [0.05, 0.1) is 5.56 Å². The third kappa shape index (κ3) is 3.46. The number of nitrogens with one attached hydrogen (secondary N) is 1. The van der Waals surface area contributed by atoms with Crippen molar-refractivity contribution in [1.29, 1.82) is 0 Å². The van der Waals surface area contributed by atoms with Crippen molar-refractivity contribution in [2.75, 3.05) is 11.9 Å². The lowest BCUT2D eigenvalue weighted by Crippen LogP contribution is -2.13. The highest BCUT2D eigenvalue weighted by molar-refractivity contribution is 9.10. The second-order valence-corrected chi connectivity index (χ2v) is 5.35. The molecule has 1 amide bonds. The zero-order valence-electron chi connectivity index (χ0n) is 11.2. The maximum absolute atomic E-state index is 12.2. The van der Waals surface area contributed by atoms with Gasteiger partial charge in [-0.1, -0.05) is 24.3 Å². The summed E-state index contributed by atoms with van der Waals surface area (Å²) in [7, 11) is 0. The molecule has 3 nitrogen and oxygen atoms in total. The van der Waals surface area contributed by atoms with Crippen LogP contribution < -0.4 is 5.32 Å². The highest BCUT2D eigenvalue weighted by atomic mass is 79.9. The minimum atomic E-state index is -0.143. The average Bonchev–Trinajstić information content (AvgIpc) is 2.44. The summed E-state index contributed by atoms with van der Waals surface area (Å²) in [6, 6.07) is 13.1. The fraction of sp³-hybridized carbons (Fsp3) is 0.188. The summed E-state index contributed by atoms with van der Waals surface area (Å²) in [5, 5.41) is 11.7. The van der Waals surface area contributed by atoms with Crippen LogP contribution >= 0.6 is 15.9 Å². The van der Waals surface area contributed by atoms with Crippen molar-refractivity contribution in [3.8, 4) is 0 Å². The first-order chi connectivity index (χ1) is 9.61. The van der Waals surface area contributed by atoms with Gasteiger partial charge >= 0.3 is 0 Å². The maximum atomic E-state index is 12.2. The van der Waals surface area contributed by atoms with Gasteiger partial charge in [0.1, 0.15) is 0 Å². The normalized spacial score (nSPS) is 10.3. The van der Waals surface area contributed by atoms with Crippen LogP contribution in [-0.2, 0) is 6.42 Å². The van der Waals surface area contributed by atoms with E-state index in [9.17, 15) is 4.79 Å². The summed E-state index contributed by atoms with van der Waals surface area (Å²) in [5.74, 6) is -0.143. The molecule has 0 spiro atoms. The molecular formula is C16H16BrNO2. The van der Waals surface area contributed by atoms with Gasteiger partial charge in [-0.15, -0.1) is 0 Å². The number of amides is 1. The molecular weight excluding hydrogens is 318 g/mol. The predicted molar refractivity (Wildman–Crippen MR) is 84.1 cm³/mol. The lowest BCUT2D eigenvalue weighted by Gasteiger charge is -2.09. The molecule has 104 valence electrons. The molecule has 0 aromatic heterocycles. The lowest BCUT2D eigenvalue weighted by molar-refractivity contribution is 0.102. The van der Waals surface area contributed by atoms with Gasteiger partial charge in [0.2, 0.25) is 0 Å². The molecule has 2 N–H and O–H groups in total. The van der Waals surface area contributed by atoms with E-state index in [-0.39, 0.29) is 12.5 Å². The second-order valence-electron chi connectivity index (χ2n) is 4.56. The molecule has 0 aliphatic heterocycles. The van der Waals surface area contributed by atoms with Crippen LogP contribution in [0.5, 0.6) is 0 Å². The Morgan fingerprint density at radius 1 is 1.20 bits per heavy atom. The molecule has 0 radical (unpaired) electrons. The number of carbonyl (C=O) groups is 1. The van der Waals surface area contributed by atoms with Crippen LogP contribution in [-0.4, -0.2) is 17.6 Å². The molecule has 0 unspecified atom stereocenters. The minimum absolute atomic E-state index is 0.127. The van der Waals surface area contributed by atoms with Gasteiger partial charge in [-0.25, -0.2) is 0 Å². The number of benzene rings is 2. The van der Waals surface area contributed by atoms with Gasteiger partial charge in [0.15, 0.2) is 0 Å². The second kappa shape index (κ2) is 6.68. The number of carbonyl (C=O) groups excluding carboxylic acids is 1. The zero-order chi connectivity index (χ0) is 14.5. The third-order valence-corrected chi connectivity index (χ3v) is 4.10. The number of hydrogen-bond donors (Lipinski definition) is 2. The molecule has 0 heterocycles. The number of anilines is 1. The van der Waals surface area contributed by atoms with Crippen molar-refractivity contribution in [1.82, 2.24) is 0 Å². The van der Waals surface area contributed by atoms with Crippen LogP contribution in [0.1, 0.15) is 21.5 Å². The van der Waals surface area contributed by atoms with Gasteiger partial charge in [-0.2, -0.15) is 0 Å². The number of hydrogen-bond acceptors (Lipinski definition) is 2. The van der Waals surface area contributed by atoms with Gasteiger partial charge < -0.3 is 10.4 Å². The number of halogens is 1. The number of rotatable bonds is 4. The van der Waals surface area contributed by atoms with E-state index in [1.807, 2.05) is 43.3 Å². The lowest BCUT2D eigenvalue weighted by atomic mass is 10.1. The van der Waals surface area contributed by atoms with Crippen LogP contribution in [0.15, 0.2) is 46.9 Å². The van der Waals surface area contributed by atoms with Gasteiger partial charge in [-0.05, 0) is 58.6 Å². The average molecular weight is 334 g/mol. The van der Waals surface area contributed by atoms with Gasteiger partial charge in [0, 0.05) is 16.8 Å². The predicted octanol–water partition coefficient (Wildman–Crippen LogP) is 3.54. The van der Waals surface area contributed by atoms with Crippen molar-refractivity contribution in [3.05, 3.63) is 63.6 Å². The quantitative estimate of drug-likeness (QED) is 0.898. The van der Waals surface area contributed by atoms with Crippen LogP contribution in [0, 0.1) is 6.92 Å². The molecule has 0 aliphatic rings. The Labute approximate surface area is 126 Å². The van der Waals surface area contributed by atoms with Crippen molar-refractivity contribution in [3.63, 3.8) is 0 Å². The van der Waals surface area contributed by atoms with Crippen molar-refractivity contribution < 1.29 is 9.90 Å². The molecule has 0 atom stereocenters. The standard InChI is InChI=1S/C16H16BrNO2/c1-11-3-2-4-14(15(11)17)16(20)18-13-7-5-12(6-8-13)9-10-19/h2-8,19H,9-10H2,1H3,(H,18,20). The fourth-order valence-corrected chi connectivity index (χ4v) is 2.35. The van der Waals surface area contributed by atoms with E-state index < -0.39 is 0 Å². The summed E-state index contributed by atoms with van der Waals surface area (Å²) in [4.78, 5) is 12.2. The molecule has 0 saturated carbocycles. The Morgan fingerprint density at radius 3 is 2.55 bits per heavy atom. The molecule has 4 heteroatoms. The van der Waals surface area contributed by atoms with Crippen molar-refractivity contribution >= 4 is 27.5 Å². The summed E-state index contributed by atoms with van der Waals surface area (Å²) in [6.07, 6.45) is 0.623. The van der Waals surface area contributed by atoms with Crippen LogP contribution in [0.25, 0.3) is 0 Å². The van der Waals surface area contributed by atoms with E-state index in [2.05, 4.69) is 21.2 Å². The van der Waals surface area contributed by atoms with Gasteiger partial charge in [0.25, 0.3) is 5.91 Å². The highest BCUT2D eigenvalue weighted by Crippen LogP contribution is 2.22. The van der Waals surface area contributed by atoms with E-state index in [1.165, 1.54) is 0 Å². The maximum Gasteiger partial charge on any atom is 0.256 e. The highest BCUT2D eigenvalue weighted by Gasteiger charge is 2.11. The Hall–Kier alpha value is -1.65. The molecule has 2 aromatic carbocycles. The van der Waals surface area contributed by atoms with E-state index in [0.717, 1.165) is 21.3 Å². The Morgan fingerprint density at radius 2 is 1.90 bits per heavy atom. The smallest absolute Gasteiger partial charge is 0.256 e. The van der Waals surface area contributed by atoms with Crippen LogP contribution in [0.3, 0.4) is 0 Å². The largest absolute Gasteiger partial charge is 0.396 e. The molecule has 0 aliphatic carbocycles. The summed E-state index contributed by atoms with van der Waals surface area (Å²) in [6.45, 7) is 2.08. The molecule has 20 heavy (non-hydrogen) atoms. The van der Waals surface area contributed by atoms with E-state index in [0.29, 0.717) is 12.0 Å². The van der Waals surface area contributed by atoms with Crippen molar-refractivity contribution in [2.45, 2.75) is 13.3 Å². The molecule has 0 bridgehead atoms. The summed E-state index contributed by atoms with van der Waals surface area (Å²) in [5.41, 5.74) is 3.42. The first kappa shape index (κ1) is 14.8. The van der Waals surface area contributed by atoms with Gasteiger partial charge in [-0.3, -0.25) is 4.79 Å². The Bertz CT molecular complexity index is 608. The molecule has 0 fully saturated rings. The third-order valence-electron chi connectivity index (χ3n) is 3.05. The first-order valence-corrected chi connectivity index (χ1v) is 7.17. The number of aliphatic hydroxyl groups is 1. The topological polar surface area (TPSA) is 49.3 Å². The summed E-state index contributed by atoms with van der Waals surface area (Å²) >= 11 is 3.44. The zero-order valence-corrected chi connectivity index (χ0v) is 12.8. The number of aryl methyl sites for hydroxylation is 1. The first-order valence-electron chi connectivity index (χ1n) is 6.38. The monoisotopic (exact) mass is 333 g/mol. The molecule has 0 saturated heterocycles. The van der Waals surface area contributed by atoms with Crippen LogP contribution in [0.4, 0.5) is 5.69 Å². The number of aliphatic hydroxyl groups excluding tert-OH is 1. The Kier molecular flexibility index (Phi) is 4.93. The molecule has 2 rings (SSSR count). The van der Waals surface area contributed by atoms with Crippen molar-refractivity contribution in [2.24, 2.45) is 0 Å². The minimum Gasteiger partial charge on any atom is -0.396 e. The van der Waals surface area contributed by atoms with E-state index in [1.54, 1.807) is 6.07 Å². The fourth-order valence-electron chi connectivity index (χ4n) is 1.91. The van der Waals surface area contributed by atoms with E-state index in [4.69, 9.17) is 5.11 Å². The molecule has 2 aromatic rings. The van der Waals surface area contributed by atoms with E-state index >= 15 is 0 Å². The SMILES string of the molecule is Cc1cccc(C(=O)Nc2ccc(CCO)cc2)c1Br.